The van der Waals surface area contributed by atoms with Gasteiger partial charge in [-0.1, -0.05) is 6.92 Å². The number of hydrogen-bond donors (Lipinski definition) is 0. The Labute approximate surface area is 56.2 Å². The molecule has 0 aromatic heterocycles. The first-order chi connectivity index (χ1) is 4.06. The Kier molecular flexibility index (Phi) is 3.11. The van der Waals surface area contributed by atoms with Gasteiger partial charge in [0.15, 0.2) is 0 Å². The van der Waals surface area contributed by atoms with Crippen molar-refractivity contribution in [1.29, 1.82) is 0 Å². The average molecular weight is 132 g/mol. The molecule has 9 heavy (non-hydrogen) atoms. The zero-order valence-electron chi connectivity index (χ0n) is 6.47. The number of rotatable bonds is 3. The molecule has 0 bridgehead atoms. The maximum Gasteiger partial charge on any atom is 0.106 e. The Bertz CT molecular complexity index is 79.1. The van der Waals surface area contributed by atoms with E-state index in [0.717, 1.165) is 5.06 Å². The Morgan fingerprint density at radius 1 is 1.67 bits per heavy atom. The molecule has 0 fully saturated rings. The third kappa shape index (κ3) is 1.93. The second-order valence-corrected chi connectivity index (χ2v) is 2.23. The Balaban J connectivity index is 3.92. The van der Waals surface area contributed by atoms with E-state index in [9.17, 15) is 5.21 Å². The first-order valence-electron chi connectivity index (χ1n) is 3.03. The van der Waals surface area contributed by atoms with E-state index in [1.807, 2.05) is 6.92 Å². The van der Waals surface area contributed by atoms with Crippen LogP contribution in [-0.2, 0) is 4.74 Å². The molecule has 0 aliphatic rings. The minimum Gasteiger partial charge on any atom is -0.783 e. The van der Waals surface area contributed by atoms with Crippen LogP contribution in [0.2, 0.25) is 0 Å². The van der Waals surface area contributed by atoms with E-state index in [2.05, 4.69) is 0 Å². The molecule has 3 nitrogen and oxygen atoms in total. The fourth-order valence-electron chi connectivity index (χ4n) is 0.496. The van der Waals surface area contributed by atoms with E-state index in [1.165, 1.54) is 14.2 Å². The number of nitrogens with zero attached hydrogens (tertiary/aromatic N) is 1. The van der Waals surface area contributed by atoms with Gasteiger partial charge in [-0.25, -0.2) is 0 Å². The lowest BCUT2D eigenvalue weighted by atomic mass is 10.2. The van der Waals surface area contributed by atoms with Gasteiger partial charge in [0.2, 0.25) is 0 Å². The van der Waals surface area contributed by atoms with Crippen molar-refractivity contribution in [3.63, 3.8) is 0 Å². The summed E-state index contributed by atoms with van der Waals surface area (Å²) in [5.41, 5.74) is -0.639. The van der Waals surface area contributed by atoms with Crippen LogP contribution in [-0.4, -0.2) is 24.9 Å². The van der Waals surface area contributed by atoms with Crippen LogP contribution in [0.4, 0.5) is 0 Å². The summed E-state index contributed by atoms with van der Waals surface area (Å²) in [6.45, 7) is 3.68. The summed E-state index contributed by atoms with van der Waals surface area (Å²) >= 11 is 0. The Hall–Kier alpha value is -0.120. The molecule has 3 heteroatoms. The predicted molar refractivity (Wildman–Crippen MR) is 36.8 cm³/mol. The standard InChI is InChI=1S/C6H14NO2/c1-5-6(2,9-4)7(3)8/h5H2,1-4H3/q-1. The predicted octanol–water partition coefficient (Wildman–Crippen LogP) is 1.19. The van der Waals surface area contributed by atoms with Gasteiger partial charge in [-0.3, -0.25) is 0 Å². The fraction of sp³-hybridized carbons (Fsp3) is 1.00. The normalized spacial score (nSPS) is 18.0. The highest BCUT2D eigenvalue weighted by molar-refractivity contribution is 4.71. The zero-order valence-corrected chi connectivity index (χ0v) is 6.47. The number of hydrogen-bond acceptors (Lipinski definition) is 3. The second-order valence-electron chi connectivity index (χ2n) is 2.23. The molecule has 0 N–H and O–H groups in total. The molecule has 0 saturated heterocycles. The summed E-state index contributed by atoms with van der Waals surface area (Å²) in [6.07, 6.45) is 0.698. The van der Waals surface area contributed by atoms with Gasteiger partial charge in [0.25, 0.3) is 0 Å². The molecule has 0 spiro atoms. The highest BCUT2D eigenvalue weighted by atomic mass is 16.6. The molecule has 0 aromatic carbocycles. The van der Waals surface area contributed by atoms with E-state index in [-0.39, 0.29) is 0 Å². The van der Waals surface area contributed by atoms with Crippen LogP contribution in [0.25, 0.3) is 0 Å². The Morgan fingerprint density at radius 3 is 2.11 bits per heavy atom. The molecular weight excluding hydrogens is 118 g/mol. The molecular formula is C6H14NO2-. The first kappa shape index (κ1) is 8.88. The van der Waals surface area contributed by atoms with E-state index in [4.69, 9.17) is 4.74 Å². The maximum absolute atomic E-state index is 10.7. The summed E-state index contributed by atoms with van der Waals surface area (Å²) < 4.78 is 4.96. The van der Waals surface area contributed by atoms with Crippen LogP contribution in [0.3, 0.4) is 0 Å². The van der Waals surface area contributed by atoms with Crippen LogP contribution >= 0.6 is 0 Å². The minimum atomic E-state index is -0.639. The molecule has 1 atom stereocenters. The van der Waals surface area contributed by atoms with Crippen molar-refractivity contribution >= 4 is 0 Å². The van der Waals surface area contributed by atoms with Gasteiger partial charge >= 0.3 is 0 Å². The maximum atomic E-state index is 10.7. The van der Waals surface area contributed by atoms with Crippen molar-refractivity contribution in [1.82, 2.24) is 5.06 Å². The number of ether oxygens (including phenoxy) is 1. The third-order valence-corrected chi connectivity index (χ3v) is 1.76. The summed E-state index contributed by atoms with van der Waals surface area (Å²) in [5, 5.41) is 11.5. The number of methoxy groups -OCH3 is 1. The van der Waals surface area contributed by atoms with E-state index in [0.29, 0.717) is 6.42 Å². The van der Waals surface area contributed by atoms with E-state index >= 15 is 0 Å². The van der Waals surface area contributed by atoms with Gasteiger partial charge < -0.3 is 15.0 Å². The highest BCUT2D eigenvalue weighted by Gasteiger charge is 2.19. The van der Waals surface area contributed by atoms with Gasteiger partial charge in [0, 0.05) is 7.11 Å². The summed E-state index contributed by atoms with van der Waals surface area (Å²) in [5.74, 6) is 0. The smallest absolute Gasteiger partial charge is 0.106 e. The van der Waals surface area contributed by atoms with Crippen molar-refractivity contribution in [3.05, 3.63) is 5.21 Å². The van der Waals surface area contributed by atoms with Crippen LogP contribution in [0.15, 0.2) is 0 Å². The summed E-state index contributed by atoms with van der Waals surface area (Å²) in [4.78, 5) is 0. The lowest BCUT2D eigenvalue weighted by Crippen LogP contribution is -2.41. The lowest BCUT2D eigenvalue weighted by molar-refractivity contribution is -0.0912. The lowest BCUT2D eigenvalue weighted by Gasteiger charge is -2.41. The van der Waals surface area contributed by atoms with Crippen molar-refractivity contribution in [2.75, 3.05) is 14.2 Å². The van der Waals surface area contributed by atoms with Gasteiger partial charge in [0.1, 0.15) is 5.72 Å². The molecule has 0 rings (SSSR count). The topological polar surface area (TPSA) is 35.5 Å². The summed E-state index contributed by atoms with van der Waals surface area (Å²) in [6, 6.07) is 0. The fourth-order valence-corrected chi connectivity index (χ4v) is 0.496. The van der Waals surface area contributed by atoms with E-state index < -0.39 is 5.72 Å². The van der Waals surface area contributed by atoms with Crippen LogP contribution < -0.4 is 0 Å². The monoisotopic (exact) mass is 132 g/mol. The molecule has 56 valence electrons. The molecule has 0 aliphatic heterocycles. The second kappa shape index (κ2) is 3.15. The zero-order chi connectivity index (χ0) is 7.49. The molecule has 0 amide bonds. The molecule has 0 saturated carbocycles. The Morgan fingerprint density at radius 2 is 2.11 bits per heavy atom. The van der Waals surface area contributed by atoms with E-state index in [1.54, 1.807) is 6.92 Å². The highest BCUT2D eigenvalue weighted by Crippen LogP contribution is 2.15. The molecule has 0 radical (unpaired) electrons. The minimum absolute atomic E-state index is 0.639. The third-order valence-electron chi connectivity index (χ3n) is 1.76. The van der Waals surface area contributed by atoms with Crippen molar-refractivity contribution < 1.29 is 4.74 Å². The molecule has 0 aliphatic carbocycles. The van der Waals surface area contributed by atoms with Gasteiger partial charge in [-0.2, -0.15) is 0 Å². The number of hydroxylamine groups is 2. The molecule has 0 aromatic rings. The van der Waals surface area contributed by atoms with Crippen LogP contribution in [0.1, 0.15) is 20.3 Å². The van der Waals surface area contributed by atoms with Crippen molar-refractivity contribution in [3.8, 4) is 0 Å². The largest absolute Gasteiger partial charge is 0.783 e. The SMILES string of the molecule is CCC(C)(OC)N(C)[O-]. The van der Waals surface area contributed by atoms with Crippen molar-refractivity contribution in [2.24, 2.45) is 0 Å². The van der Waals surface area contributed by atoms with Crippen LogP contribution in [0.5, 0.6) is 0 Å². The van der Waals surface area contributed by atoms with Gasteiger partial charge in [-0.15, -0.1) is 0 Å². The first-order valence-corrected chi connectivity index (χ1v) is 3.03. The summed E-state index contributed by atoms with van der Waals surface area (Å²) in [7, 11) is 3.00. The van der Waals surface area contributed by atoms with Gasteiger partial charge in [-0.05, 0) is 20.4 Å². The molecule has 1 unspecified atom stereocenters. The van der Waals surface area contributed by atoms with Crippen molar-refractivity contribution in [2.45, 2.75) is 26.0 Å². The average Bonchev–Trinajstić information content (AvgIpc) is 1.86. The molecule has 0 heterocycles. The van der Waals surface area contributed by atoms with Crippen LogP contribution in [0, 0.1) is 5.21 Å². The quantitative estimate of drug-likeness (QED) is 0.427. The van der Waals surface area contributed by atoms with Gasteiger partial charge in [0.05, 0.1) is 0 Å².